The van der Waals surface area contributed by atoms with Crippen LogP contribution in [0.4, 0.5) is 0 Å². The number of nitrogens with two attached hydrogens (primary N) is 1. The van der Waals surface area contributed by atoms with E-state index in [1.807, 2.05) is 24.3 Å². The number of halogens is 1. The summed E-state index contributed by atoms with van der Waals surface area (Å²) in [5, 5.41) is 3.22. The van der Waals surface area contributed by atoms with E-state index in [0.717, 1.165) is 29.5 Å². The third kappa shape index (κ3) is 3.78. The minimum absolute atomic E-state index is 0.195. The molecular formula is C14H19BrN2O2. The molecular weight excluding hydrogens is 308 g/mol. The van der Waals surface area contributed by atoms with Crippen molar-refractivity contribution in [2.75, 3.05) is 13.2 Å². The summed E-state index contributed by atoms with van der Waals surface area (Å²) in [5.74, 6) is -0.375. The van der Waals surface area contributed by atoms with Crippen LogP contribution >= 0.6 is 15.9 Å². The molecule has 3 N–H and O–H groups in total. The molecule has 1 saturated heterocycles. The van der Waals surface area contributed by atoms with Gasteiger partial charge in [0.2, 0.25) is 5.91 Å². The zero-order chi connectivity index (χ0) is 13.9. The van der Waals surface area contributed by atoms with Crippen molar-refractivity contribution >= 4 is 21.8 Å². The molecule has 0 saturated carbocycles. The second-order valence-corrected chi connectivity index (χ2v) is 6.09. The highest BCUT2D eigenvalue weighted by molar-refractivity contribution is 9.10. The van der Waals surface area contributed by atoms with E-state index in [1.54, 1.807) is 0 Å². The largest absolute Gasteiger partial charge is 0.374 e. The Morgan fingerprint density at radius 2 is 2.42 bits per heavy atom. The first kappa shape index (κ1) is 14.5. The molecule has 0 aliphatic carbocycles. The van der Waals surface area contributed by atoms with Gasteiger partial charge in [0, 0.05) is 17.6 Å². The van der Waals surface area contributed by atoms with Gasteiger partial charge in [0.15, 0.2) is 0 Å². The molecule has 1 aliphatic heterocycles. The van der Waals surface area contributed by atoms with Gasteiger partial charge in [-0.3, -0.25) is 10.1 Å². The van der Waals surface area contributed by atoms with Gasteiger partial charge in [-0.25, -0.2) is 0 Å². The van der Waals surface area contributed by atoms with Crippen LogP contribution in [0.15, 0.2) is 28.7 Å². The van der Waals surface area contributed by atoms with Crippen molar-refractivity contribution in [1.82, 2.24) is 5.32 Å². The quantitative estimate of drug-likeness (QED) is 0.871. The Morgan fingerprint density at radius 3 is 3.00 bits per heavy atom. The fraction of sp³-hybridized carbons (Fsp3) is 0.500. The number of amides is 1. The van der Waals surface area contributed by atoms with Crippen LogP contribution in [0.3, 0.4) is 0 Å². The van der Waals surface area contributed by atoms with Crippen LogP contribution in [0.2, 0.25) is 0 Å². The lowest BCUT2D eigenvalue weighted by molar-refractivity contribution is -0.120. The van der Waals surface area contributed by atoms with Gasteiger partial charge < -0.3 is 10.5 Å². The van der Waals surface area contributed by atoms with Crippen molar-refractivity contribution < 1.29 is 9.53 Å². The highest BCUT2D eigenvalue weighted by Gasteiger charge is 2.31. The minimum Gasteiger partial charge on any atom is -0.374 e. The van der Waals surface area contributed by atoms with Gasteiger partial charge >= 0.3 is 0 Å². The summed E-state index contributed by atoms with van der Waals surface area (Å²) in [6.45, 7) is 3.47. The van der Waals surface area contributed by atoms with Crippen molar-refractivity contribution in [1.29, 1.82) is 0 Å². The fourth-order valence-electron chi connectivity index (χ4n) is 2.36. The Hall–Kier alpha value is -0.910. The Labute approximate surface area is 121 Å². The summed E-state index contributed by atoms with van der Waals surface area (Å²) in [7, 11) is 0. The van der Waals surface area contributed by atoms with Crippen LogP contribution in [0.5, 0.6) is 0 Å². The standard InChI is InChI=1S/C14H19BrN2O2/c1-14(6-3-7-19-14)9-17-12(13(16)18)10-4-2-5-11(15)8-10/h2,4-5,8,12,17H,3,6-7,9H2,1H3,(H2,16,18)/t12-,14-/m0/s1. The molecule has 2 atom stereocenters. The van der Waals surface area contributed by atoms with E-state index >= 15 is 0 Å². The summed E-state index contributed by atoms with van der Waals surface area (Å²) < 4.78 is 6.64. The number of primary amides is 1. The van der Waals surface area contributed by atoms with Crippen LogP contribution in [0.1, 0.15) is 31.4 Å². The molecule has 0 bridgehead atoms. The Kier molecular flexibility index (Phi) is 4.60. The Bertz CT molecular complexity index is 459. The zero-order valence-corrected chi connectivity index (χ0v) is 12.6. The second kappa shape index (κ2) is 6.03. The summed E-state index contributed by atoms with van der Waals surface area (Å²) in [6.07, 6.45) is 2.07. The molecule has 104 valence electrons. The highest BCUT2D eigenvalue weighted by Crippen LogP contribution is 2.25. The monoisotopic (exact) mass is 326 g/mol. The first-order valence-electron chi connectivity index (χ1n) is 6.42. The Morgan fingerprint density at radius 1 is 1.63 bits per heavy atom. The van der Waals surface area contributed by atoms with Gasteiger partial charge in [-0.05, 0) is 37.5 Å². The lowest BCUT2D eigenvalue weighted by atomic mass is 10.0. The van der Waals surface area contributed by atoms with E-state index in [2.05, 4.69) is 28.2 Å². The molecule has 1 amide bonds. The molecule has 1 heterocycles. The van der Waals surface area contributed by atoms with Gasteiger partial charge in [0.1, 0.15) is 6.04 Å². The van der Waals surface area contributed by atoms with Gasteiger partial charge in [-0.2, -0.15) is 0 Å². The van der Waals surface area contributed by atoms with Crippen LogP contribution < -0.4 is 11.1 Å². The van der Waals surface area contributed by atoms with Crippen molar-refractivity contribution in [3.05, 3.63) is 34.3 Å². The van der Waals surface area contributed by atoms with Crippen molar-refractivity contribution in [3.8, 4) is 0 Å². The number of hydrogen-bond donors (Lipinski definition) is 2. The molecule has 0 spiro atoms. The normalized spacial score (nSPS) is 24.3. The van der Waals surface area contributed by atoms with Gasteiger partial charge in [-0.15, -0.1) is 0 Å². The SMILES string of the molecule is C[C@@]1(CN[C@H](C(N)=O)c2cccc(Br)c2)CCCO1. The van der Waals surface area contributed by atoms with Crippen LogP contribution in [0, 0.1) is 0 Å². The summed E-state index contributed by atoms with van der Waals surface area (Å²) >= 11 is 3.40. The van der Waals surface area contributed by atoms with Crippen LogP contribution in [0.25, 0.3) is 0 Å². The van der Waals surface area contributed by atoms with E-state index in [-0.39, 0.29) is 11.5 Å². The predicted octanol–water partition coefficient (Wildman–Crippen LogP) is 2.13. The van der Waals surface area contributed by atoms with Gasteiger partial charge in [-0.1, -0.05) is 28.1 Å². The number of rotatable bonds is 5. The first-order valence-corrected chi connectivity index (χ1v) is 7.22. The molecule has 1 aliphatic rings. The molecule has 4 nitrogen and oxygen atoms in total. The molecule has 1 aromatic carbocycles. The molecule has 5 heteroatoms. The predicted molar refractivity (Wildman–Crippen MR) is 77.7 cm³/mol. The highest BCUT2D eigenvalue weighted by atomic mass is 79.9. The number of ether oxygens (including phenoxy) is 1. The van der Waals surface area contributed by atoms with E-state index in [9.17, 15) is 4.79 Å². The third-order valence-electron chi connectivity index (χ3n) is 3.45. The van der Waals surface area contributed by atoms with Gasteiger partial charge in [0.25, 0.3) is 0 Å². The summed E-state index contributed by atoms with van der Waals surface area (Å²) in [4.78, 5) is 11.6. The van der Waals surface area contributed by atoms with E-state index in [1.165, 1.54) is 0 Å². The van der Waals surface area contributed by atoms with Crippen molar-refractivity contribution in [2.45, 2.75) is 31.4 Å². The first-order chi connectivity index (χ1) is 9.00. The Balaban J connectivity index is 2.06. The summed E-state index contributed by atoms with van der Waals surface area (Å²) in [6, 6.07) is 7.12. The molecule has 1 fully saturated rings. The molecule has 19 heavy (non-hydrogen) atoms. The molecule has 0 unspecified atom stereocenters. The average Bonchev–Trinajstić information content (AvgIpc) is 2.76. The molecule has 1 aromatic rings. The maximum atomic E-state index is 11.6. The number of carbonyl (C=O) groups excluding carboxylic acids is 1. The van der Waals surface area contributed by atoms with E-state index < -0.39 is 6.04 Å². The number of hydrogen-bond acceptors (Lipinski definition) is 3. The average molecular weight is 327 g/mol. The lowest BCUT2D eigenvalue weighted by Crippen LogP contribution is -2.43. The van der Waals surface area contributed by atoms with E-state index in [4.69, 9.17) is 10.5 Å². The summed E-state index contributed by atoms with van der Waals surface area (Å²) in [5.41, 5.74) is 6.16. The lowest BCUT2D eigenvalue weighted by Gasteiger charge is -2.26. The molecule has 0 aromatic heterocycles. The number of carbonyl (C=O) groups is 1. The van der Waals surface area contributed by atoms with Crippen molar-refractivity contribution in [2.24, 2.45) is 5.73 Å². The second-order valence-electron chi connectivity index (χ2n) is 5.17. The van der Waals surface area contributed by atoms with Gasteiger partial charge in [0.05, 0.1) is 5.60 Å². The molecule has 0 radical (unpaired) electrons. The van der Waals surface area contributed by atoms with Crippen molar-refractivity contribution in [3.63, 3.8) is 0 Å². The maximum Gasteiger partial charge on any atom is 0.239 e. The third-order valence-corrected chi connectivity index (χ3v) is 3.94. The minimum atomic E-state index is -0.487. The van der Waals surface area contributed by atoms with Crippen LogP contribution in [-0.4, -0.2) is 24.7 Å². The van der Waals surface area contributed by atoms with Crippen LogP contribution in [-0.2, 0) is 9.53 Å². The smallest absolute Gasteiger partial charge is 0.239 e. The fourth-order valence-corrected chi connectivity index (χ4v) is 2.78. The number of benzene rings is 1. The van der Waals surface area contributed by atoms with E-state index in [0.29, 0.717) is 6.54 Å². The topological polar surface area (TPSA) is 64.3 Å². The zero-order valence-electron chi connectivity index (χ0n) is 11.0. The number of nitrogens with one attached hydrogen (secondary N) is 1. The molecule has 2 rings (SSSR count). The maximum absolute atomic E-state index is 11.6.